The first-order chi connectivity index (χ1) is 13.6. The molecule has 0 bridgehead atoms. The van der Waals surface area contributed by atoms with Crippen LogP contribution in [0.3, 0.4) is 0 Å². The molecule has 5 nitrogen and oxygen atoms in total. The summed E-state index contributed by atoms with van der Waals surface area (Å²) in [6.45, 7) is 1.89. The van der Waals surface area contributed by atoms with Crippen molar-refractivity contribution in [2.24, 2.45) is 0 Å². The lowest BCUT2D eigenvalue weighted by Gasteiger charge is -2.03. The molecular formula is C20H15FN4OS2. The van der Waals surface area contributed by atoms with E-state index in [1.54, 1.807) is 18.3 Å². The first-order valence-corrected chi connectivity index (χ1v) is 10.2. The van der Waals surface area contributed by atoms with E-state index in [1.807, 2.05) is 30.5 Å². The fourth-order valence-electron chi connectivity index (χ4n) is 2.69. The molecule has 0 aliphatic rings. The Balaban J connectivity index is 1.49. The molecule has 0 fully saturated rings. The van der Waals surface area contributed by atoms with Crippen LogP contribution in [-0.2, 0) is 11.2 Å². The van der Waals surface area contributed by atoms with Crippen molar-refractivity contribution in [2.45, 2.75) is 13.3 Å². The van der Waals surface area contributed by atoms with Crippen LogP contribution in [0, 0.1) is 12.7 Å². The Hall–Kier alpha value is -2.97. The minimum Gasteiger partial charge on any atom is -0.302 e. The van der Waals surface area contributed by atoms with Crippen LogP contribution in [0.25, 0.3) is 22.6 Å². The van der Waals surface area contributed by atoms with E-state index in [0.29, 0.717) is 10.8 Å². The van der Waals surface area contributed by atoms with Crippen LogP contribution < -0.4 is 5.32 Å². The quantitative estimate of drug-likeness (QED) is 0.505. The number of anilines is 1. The van der Waals surface area contributed by atoms with Crippen LogP contribution in [0.1, 0.15) is 9.88 Å². The van der Waals surface area contributed by atoms with Gasteiger partial charge in [0.2, 0.25) is 5.91 Å². The molecule has 4 rings (SSSR count). The van der Waals surface area contributed by atoms with Gasteiger partial charge in [-0.15, -0.1) is 22.7 Å². The van der Waals surface area contributed by atoms with Crippen LogP contribution >= 0.6 is 22.7 Å². The van der Waals surface area contributed by atoms with Gasteiger partial charge in [0.25, 0.3) is 0 Å². The SMILES string of the molecule is Cc1nc(-c2ccc(F)cc2)c(CC(=O)Nc2nc(-c3ccccn3)cs2)s1. The molecule has 8 heteroatoms. The van der Waals surface area contributed by atoms with Crippen molar-refractivity contribution in [3.63, 3.8) is 0 Å². The smallest absolute Gasteiger partial charge is 0.231 e. The number of carbonyl (C=O) groups excluding carboxylic acids is 1. The number of aromatic nitrogens is 3. The minimum absolute atomic E-state index is 0.172. The summed E-state index contributed by atoms with van der Waals surface area (Å²) in [5.74, 6) is -0.476. The summed E-state index contributed by atoms with van der Waals surface area (Å²) in [5, 5.41) is 6.08. The molecule has 0 saturated heterocycles. The minimum atomic E-state index is -0.303. The highest BCUT2D eigenvalue weighted by Gasteiger charge is 2.16. The maximum Gasteiger partial charge on any atom is 0.231 e. The van der Waals surface area contributed by atoms with Crippen molar-refractivity contribution in [1.82, 2.24) is 15.0 Å². The molecule has 28 heavy (non-hydrogen) atoms. The largest absolute Gasteiger partial charge is 0.302 e. The number of benzene rings is 1. The number of aryl methyl sites for hydroxylation is 1. The monoisotopic (exact) mass is 410 g/mol. The van der Waals surface area contributed by atoms with Crippen LogP contribution in [-0.4, -0.2) is 20.9 Å². The lowest BCUT2D eigenvalue weighted by atomic mass is 10.1. The molecule has 0 spiro atoms. The lowest BCUT2D eigenvalue weighted by molar-refractivity contribution is -0.115. The summed E-state index contributed by atoms with van der Waals surface area (Å²) in [5.41, 5.74) is 2.99. The van der Waals surface area contributed by atoms with Gasteiger partial charge in [-0.3, -0.25) is 9.78 Å². The molecule has 3 aromatic heterocycles. The van der Waals surface area contributed by atoms with E-state index in [1.165, 1.54) is 34.8 Å². The number of nitrogens with one attached hydrogen (secondary N) is 1. The predicted molar refractivity (Wildman–Crippen MR) is 110 cm³/mol. The first kappa shape index (κ1) is 18.4. The van der Waals surface area contributed by atoms with Gasteiger partial charge in [-0.2, -0.15) is 0 Å². The Morgan fingerprint density at radius 2 is 1.93 bits per heavy atom. The molecular weight excluding hydrogens is 395 g/mol. The zero-order valence-electron chi connectivity index (χ0n) is 14.8. The summed E-state index contributed by atoms with van der Waals surface area (Å²) in [6.07, 6.45) is 1.88. The van der Waals surface area contributed by atoms with Crippen molar-refractivity contribution < 1.29 is 9.18 Å². The number of rotatable bonds is 5. The highest BCUT2D eigenvalue weighted by molar-refractivity contribution is 7.14. The van der Waals surface area contributed by atoms with Gasteiger partial charge in [0.1, 0.15) is 11.5 Å². The van der Waals surface area contributed by atoms with Crippen molar-refractivity contribution in [3.05, 3.63) is 69.7 Å². The van der Waals surface area contributed by atoms with E-state index in [9.17, 15) is 9.18 Å². The van der Waals surface area contributed by atoms with Gasteiger partial charge in [-0.05, 0) is 43.3 Å². The average molecular weight is 410 g/mol. The second-order valence-electron chi connectivity index (χ2n) is 5.99. The second kappa shape index (κ2) is 7.95. The van der Waals surface area contributed by atoms with Crippen molar-refractivity contribution in [3.8, 4) is 22.6 Å². The normalized spacial score (nSPS) is 10.8. The zero-order chi connectivity index (χ0) is 19.5. The number of carbonyl (C=O) groups is 1. The fraction of sp³-hybridized carbons (Fsp3) is 0.100. The Kier molecular flexibility index (Phi) is 5.23. The third kappa shape index (κ3) is 4.13. The standard InChI is InChI=1S/C20H15FN4OS2/c1-12-23-19(13-5-7-14(21)8-6-13)17(28-12)10-18(26)25-20-24-16(11-27-20)15-4-2-3-9-22-15/h2-9,11H,10H2,1H3,(H,24,25,26). The van der Waals surface area contributed by atoms with E-state index >= 15 is 0 Å². The average Bonchev–Trinajstić information content (AvgIpc) is 3.29. The van der Waals surface area contributed by atoms with E-state index < -0.39 is 0 Å². The summed E-state index contributed by atoms with van der Waals surface area (Å²) < 4.78 is 13.2. The van der Waals surface area contributed by atoms with E-state index in [0.717, 1.165) is 26.8 Å². The maximum atomic E-state index is 13.2. The summed E-state index contributed by atoms with van der Waals surface area (Å²) in [6, 6.07) is 11.7. The molecule has 0 atom stereocenters. The molecule has 4 aromatic rings. The molecule has 0 unspecified atom stereocenters. The van der Waals surface area contributed by atoms with Crippen molar-refractivity contribution in [2.75, 3.05) is 5.32 Å². The van der Waals surface area contributed by atoms with E-state index in [2.05, 4.69) is 20.3 Å². The highest BCUT2D eigenvalue weighted by Crippen LogP contribution is 2.29. The number of halogens is 1. The predicted octanol–water partition coefficient (Wildman–Crippen LogP) is 4.96. The van der Waals surface area contributed by atoms with Crippen LogP contribution in [0.15, 0.2) is 54.0 Å². The molecule has 0 aliphatic carbocycles. The number of hydrogen-bond acceptors (Lipinski definition) is 6. The third-order valence-corrected chi connectivity index (χ3v) is 5.65. The molecule has 140 valence electrons. The highest BCUT2D eigenvalue weighted by atomic mass is 32.1. The van der Waals surface area contributed by atoms with Crippen LogP contribution in [0.4, 0.5) is 9.52 Å². The van der Waals surface area contributed by atoms with Gasteiger partial charge in [0.15, 0.2) is 5.13 Å². The number of nitrogens with zero attached hydrogens (tertiary/aromatic N) is 3. The molecule has 1 amide bonds. The summed E-state index contributed by atoms with van der Waals surface area (Å²) in [7, 11) is 0. The molecule has 0 radical (unpaired) electrons. The molecule has 0 aliphatic heterocycles. The number of thiazole rings is 2. The lowest BCUT2D eigenvalue weighted by Crippen LogP contribution is -2.14. The Labute approximate surface area is 169 Å². The second-order valence-corrected chi connectivity index (χ2v) is 8.14. The third-order valence-electron chi connectivity index (χ3n) is 3.92. The van der Waals surface area contributed by atoms with Gasteiger partial charge in [0.05, 0.1) is 22.8 Å². The van der Waals surface area contributed by atoms with E-state index in [-0.39, 0.29) is 18.1 Å². The topological polar surface area (TPSA) is 67.8 Å². The van der Waals surface area contributed by atoms with Gasteiger partial charge >= 0.3 is 0 Å². The van der Waals surface area contributed by atoms with Crippen molar-refractivity contribution >= 4 is 33.7 Å². The van der Waals surface area contributed by atoms with Gasteiger partial charge in [0, 0.05) is 22.0 Å². The fourth-order valence-corrected chi connectivity index (χ4v) is 4.37. The Morgan fingerprint density at radius 1 is 1.11 bits per heavy atom. The van der Waals surface area contributed by atoms with Crippen LogP contribution in [0.5, 0.6) is 0 Å². The van der Waals surface area contributed by atoms with Gasteiger partial charge in [-0.25, -0.2) is 14.4 Å². The van der Waals surface area contributed by atoms with E-state index in [4.69, 9.17) is 0 Å². The molecule has 1 N–H and O–H groups in total. The van der Waals surface area contributed by atoms with Gasteiger partial charge < -0.3 is 5.32 Å². The number of hydrogen-bond donors (Lipinski definition) is 1. The molecule has 0 saturated carbocycles. The van der Waals surface area contributed by atoms with Gasteiger partial charge in [-0.1, -0.05) is 6.07 Å². The van der Waals surface area contributed by atoms with Crippen molar-refractivity contribution in [1.29, 1.82) is 0 Å². The summed E-state index contributed by atoms with van der Waals surface area (Å²) >= 11 is 2.82. The van der Waals surface area contributed by atoms with Crippen LogP contribution in [0.2, 0.25) is 0 Å². The Bertz CT molecular complexity index is 1110. The molecule has 3 heterocycles. The molecule has 1 aromatic carbocycles. The maximum absolute atomic E-state index is 13.2. The number of amides is 1. The Morgan fingerprint density at radius 3 is 2.68 bits per heavy atom. The number of pyridine rings is 1. The zero-order valence-corrected chi connectivity index (χ0v) is 16.5. The summed E-state index contributed by atoms with van der Waals surface area (Å²) in [4.78, 5) is 26.6. The first-order valence-electron chi connectivity index (χ1n) is 8.47.